The van der Waals surface area contributed by atoms with E-state index in [9.17, 15) is 9.59 Å². The first-order chi connectivity index (χ1) is 16.1. The first kappa shape index (κ1) is 22.8. The second kappa shape index (κ2) is 10.9. The van der Waals surface area contributed by atoms with E-state index in [1.54, 1.807) is 29.2 Å². The number of benzene rings is 2. The maximum atomic E-state index is 12.3. The smallest absolute Gasteiger partial charge is 0.414 e. The topological polar surface area (TPSA) is 92.1 Å². The third-order valence-corrected chi connectivity index (χ3v) is 5.79. The molecular formula is C25H27N3O5. The van der Waals surface area contributed by atoms with Gasteiger partial charge in [-0.2, -0.15) is 5.26 Å². The largest absolute Gasteiger partial charge is 0.459 e. The molecule has 0 saturated carbocycles. The summed E-state index contributed by atoms with van der Waals surface area (Å²) >= 11 is 0. The Kier molecular flexibility index (Phi) is 7.55. The molecule has 4 rings (SSSR count). The van der Waals surface area contributed by atoms with Gasteiger partial charge in [0.1, 0.15) is 19.3 Å². The van der Waals surface area contributed by atoms with Gasteiger partial charge in [-0.05, 0) is 49.2 Å². The van der Waals surface area contributed by atoms with Crippen LogP contribution in [0.1, 0.15) is 24.0 Å². The highest BCUT2D eigenvalue weighted by molar-refractivity contribution is 5.89. The number of nitriles is 1. The standard InChI is InChI=1S/C25H27N3O5/c26-13-19-8-10-21(11-9-19)28-16-23(33-25(28)30)15-27-12-4-7-22(14-27)31-18-24(29)32-17-20-5-2-1-3-6-20/h1-3,5-6,8-11,22-23H,4,7,12,14-18H2. The monoisotopic (exact) mass is 449 g/mol. The highest BCUT2D eigenvalue weighted by atomic mass is 16.6. The molecule has 2 aliphatic rings. The van der Waals surface area contributed by atoms with Crippen LogP contribution in [0.4, 0.5) is 10.5 Å². The van der Waals surface area contributed by atoms with Crippen molar-refractivity contribution in [1.29, 1.82) is 5.26 Å². The number of rotatable bonds is 8. The second-order valence-corrected chi connectivity index (χ2v) is 8.26. The minimum absolute atomic E-state index is 0.0604. The summed E-state index contributed by atoms with van der Waals surface area (Å²) in [5, 5.41) is 8.94. The van der Waals surface area contributed by atoms with Crippen LogP contribution in [0.2, 0.25) is 0 Å². The minimum Gasteiger partial charge on any atom is -0.459 e. The Labute approximate surface area is 193 Å². The number of piperidine rings is 1. The Hall–Kier alpha value is -3.41. The van der Waals surface area contributed by atoms with E-state index in [-0.39, 0.29) is 37.5 Å². The molecule has 172 valence electrons. The number of cyclic esters (lactones) is 1. The number of nitrogens with zero attached hydrogens (tertiary/aromatic N) is 3. The van der Waals surface area contributed by atoms with Crippen molar-refractivity contribution in [3.8, 4) is 6.07 Å². The van der Waals surface area contributed by atoms with Crippen LogP contribution in [0.15, 0.2) is 54.6 Å². The van der Waals surface area contributed by atoms with E-state index in [0.29, 0.717) is 25.2 Å². The highest BCUT2D eigenvalue weighted by Crippen LogP contribution is 2.23. The predicted molar refractivity (Wildman–Crippen MR) is 120 cm³/mol. The van der Waals surface area contributed by atoms with Gasteiger partial charge in [0, 0.05) is 18.8 Å². The Morgan fingerprint density at radius 3 is 2.67 bits per heavy atom. The molecule has 2 aromatic rings. The molecule has 2 aromatic carbocycles. The van der Waals surface area contributed by atoms with Crippen molar-refractivity contribution in [1.82, 2.24) is 4.90 Å². The highest BCUT2D eigenvalue weighted by Gasteiger charge is 2.34. The number of carbonyl (C=O) groups excluding carboxylic acids is 2. The van der Waals surface area contributed by atoms with Crippen molar-refractivity contribution in [2.45, 2.75) is 31.7 Å². The molecule has 2 aliphatic heterocycles. The van der Waals surface area contributed by atoms with Gasteiger partial charge < -0.3 is 14.2 Å². The fraction of sp³-hybridized carbons (Fsp3) is 0.400. The first-order valence-corrected chi connectivity index (χ1v) is 11.1. The van der Waals surface area contributed by atoms with E-state index in [1.165, 1.54) is 0 Å². The van der Waals surface area contributed by atoms with Crippen molar-refractivity contribution < 1.29 is 23.8 Å². The van der Waals surface area contributed by atoms with Crippen LogP contribution in [-0.2, 0) is 25.6 Å². The maximum Gasteiger partial charge on any atom is 0.414 e. The van der Waals surface area contributed by atoms with Crippen LogP contribution in [0.5, 0.6) is 0 Å². The Morgan fingerprint density at radius 1 is 1.12 bits per heavy atom. The van der Waals surface area contributed by atoms with Gasteiger partial charge >= 0.3 is 12.1 Å². The summed E-state index contributed by atoms with van der Waals surface area (Å²) in [7, 11) is 0. The molecular weight excluding hydrogens is 422 g/mol. The SMILES string of the molecule is N#Cc1ccc(N2CC(CN3CCCC(OCC(=O)OCc4ccccc4)C3)OC2=O)cc1. The number of likely N-dealkylation sites (tertiary alicyclic amines) is 1. The summed E-state index contributed by atoms with van der Waals surface area (Å²) in [5.74, 6) is -0.376. The van der Waals surface area contributed by atoms with Crippen LogP contribution >= 0.6 is 0 Å². The van der Waals surface area contributed by atoms with Gasteiger partial charge in [-0.25, -0.2) is 9.59 Å². The zero-order chi connectivity index (χ0) is 23.0. The molecule has 1 amide bonds. The molecule has 0 aliphatic carbocycles. The Bertz CT molecular complexity index is 989. The summed E-state index contributed by atoms with van der Waals surface area (Å²) < 4.78 is 16.6. The second-order valence-electron chi connectivity index (χ2n) is 8.26. The molecule has 33 heavy (non-hydrogen) atoms. The Balaban J connectivity index is 1.20. The molecule has 0 radical (unpaired) electrons. The van der Waals surface area contributed by atoms with E-state index in [4.69, 9.17) is 19.5 Å². The van der Waals surface area contributed by atoms with Crippen molar-refractivity contribution in [3.05, 3.63) is 65.7 Å². The Morgan fingerprint density at radius 2 is 1.91 bits per heavy atom. The lowest BCUT2D eigenvalue weighted by atomic mass is 10.1. The lowest BCUT2D eigenvalue weighted by Crippen LogP contribution is -2.44. The lowest BCUT2D eigenvalue weighted by Gasteiger charge is -2.33. The van der Waals surface area contributed by atoms with Crippen LogP contribution in [-0.4, -0.2) is 62.0 Å². The van der Waals surface area contributed by atoms with Gasteiger partial charge in [-0.3, -0.25) is 9.80 Å². The molecule has 2 fully saturated rings. The van der Waals surface area contributed by atoms with Gasteiger partial charge in [0.05, 0.1) is 24.3 Å². The number of anilines is 1. The fourth-order valence-corrected chi connectivity index (χ4v) is 4.11. The van der Waals surface area contributed by atoms with Gasteiger partial charge in [-0.1, -0.05) is 30.3 Å². The molecule has 0 bridgehead atoms. The van der Waals surface area contributed by atoms with E-state index in [2.05, 4.69) is 11.0 Å². The van der Waals surface area contributed by atoms with Gasteiger partial charge in [-0.15, -0.1) is 0 Å². The molecule has 8 nitrogen and oxygen atoms in total. The van der Waals surface area contributed by atoms with Crippen LogP contribution in [0.3, 0.4) is 0 Å². The van der Waals surface area contributed by atoms with Crippen molar-refractivity contribution in [3.63, 3.8) is 0 Å². The summed E-state index contributed by atoms with van der Waals surface area (Å²) in [4.78, 5) is 28.2. The maximum absolute atomic E-state index is 12.3. The quantitative estimate of drug-likeness (QED) is 0.572. The van der Waals surface area contributed by atoms with Crippen LogP contribution < -0.4 is 4.90 Å². The fourth-order valence-electron chi connectivity index (χ4n) is 4.11. The lowest BCUT2D eigenvalue weighted by molar-refractivity contribution is -0.153. The molecule has 8 heteroatoms. The average Bonchev–Trinajstić information content (AvgIpc) is 3.22. The molecule has 2 unspecified atom stereocenters. The normalized spacial score (nSPS) is 20.8. The van der Waals surface area contributed by atoms with Crippen LogP contribution in [0.25, 0.3) is 0 Å². The van der Waals surface area contributed by atoms with E-state index < -0.39 is 0 Å². The van der Waals surface area contributed by atoms with Crippen molar-refractivity contribution in [2.24, 2.45) is 0 Å². The summed E-state index contributed by atoms with van der Waals surface area (Å²) in [6.45, 7) is 2.80. The molecule has 0 spiro atoms. The number of carbonyl (C=O) groups is 2. The third-order valence-electron chi connectivity index (χ3n) is 5.79. The number of amides is 1. The zero-order valence-corrected chi connectivity index (χ0v) is 18.4. The number of esters is 1. The van der Waals surface area contributed by atoms with Crippen molar-refractivity contribution in [2.75, 3.05) is 37.7 Å². The van der Waals surface area contributed by atoms with E-state index >= 15 is 0 Å². The summed E-state index contributed by atoms with van der Waals surface area (Å²) in [5.41, 5.74) is 2.21. The summed E-state index contributed by atoms with van der Waals surface area (Å²) in [6.07, 6.45) is 1.14. The first-order valence-electron chi connectivity index (χ1n) is 11.1. The molecule has 2 saturated heterocycles. The van der Waals surface area contributed by atoms with Gasteiger partial charge in [0.2, 0.25) is 0 Å². The summed E-state index contributed by atoms with van der Waals surface area (Å²) in [6, 6.07) is 18.5. The molecule has 0 N–H and O–H groups in total. The molecule has 0 aromatic heterocycles. The predicted octanol–water partition coefficient (Wildman–Crippen LogP) is 3.11. The molecule has 2 heterocycles. The van der Waals surface area contributed by atoms with Gasteiger partial charge in [0.25, 0.3) is 0 Å². The zero-order valence-electron chi connectivity index (χ0n) is 18.4. The number of ether oxygens (including phenoxy) is 3. The van der Waals surface area contributed by atoms with Gasteiger partial charge in [0.15, 0.2) is 0 Å². The van der Waals surface area contributed by atoms with Crippen molar-refractivity contribution >= 4 is 17.7 Å². The molecule has 2 atom stereocenters. The average molecular weight is 450 g/mol. The third kappa shape index (κ3) is 6.31. The van der Waals surface area contributed by atoms with E-state index in [0.717, 1.165) is 30.6 Å². The number of hydrogen-bond acceptors (Lipinski definition) is 7. The van der Waals surface area contributed by atoms with Crippen LogP contribution in [0, 0.1) is 11.3 Å². The van der Waals surface area contributed by atoms with E-state index in [1.807, 2.05) is 30.3 Å². The number of hydrogen-bond donors (Lipinski definition) is 0. The minimum atomic E-state index is -0.379.